The average Bonchev–Trinajstić information content (AvgIpc) is 2.31. The van der Waals surface area contributed by atoms with Gasteiger partial charge in [0.1, 0.15) is 0 Å². The fraction of sp³-hybridized carbons (Fsp3) is 0.182. The van der Waals surface area contributed by atoms with Gasteiger partial charge in [0.15, 0.2) is 5.11 Å². The third kappa shape index (κ3) is 4.38. The second kappa shape index (κ2) is 6.55. The van der Waals surface area contributed by atoms with E-state index in [0.717, 1.165) is 23.4 Å². The molecule has 1 rings (SSSR count). The summed E-state index contributed by atoms with van der Waals surface area (Å²) in [4.78, 5) is 0. The molecule has 0 amide bonds. The highest BCUT2D eigenvalue weighted by atomic mass is 32.1. The number of nitrogens with two attached hydrogens (primary N) is 3. The second-order valence-corrected chi connectivity index (χ2v) is 3.93. The van der Waals surface area contributed by atoms with Crippen molar-refractivity contribution in [2.24, 2.45) is 27.4 Å². The first kappa shape index (κ1) is 13.9. The molecule has 7 N–H and O–H groups in total. The number of anilines is 1. The first-order valence-electron chi connectivity index (χ1n) is 5.35. The van der Waals surface area contributed by atoms with Gasteiger partial charge in [0.05, 0.1) is 5.71 Å². The Morgan fingerprint density at radius 2 is 1.78 bits per heavy atom. The van der Waals surface area contributed by atoms with E-state index in [2.05, 4.69) is 15.5 Å². The zero-order valence-electron chi connectivity index (χ0n) is 10.1. The Bertz CT molecular complexity index is 473. The van der Waals surface area contributed by atoms with Crippen LogP contribution in [-0.2, 0) is 0 Å². The molecule has 0 aromatic heterocycles. The minimum atomic E-state index is -0.0623. The van der Waals surface area contributed by atoms with Crippen molar-refractivity contribution in [3.63, 3.8) is 0 Å². The van der Waals surface area contributed by atoms with Crippen molar-refractivity contribution in [2.45, 2.75) is 13.3 Å². The summed E-state index contributed by atoms with van der Waals surface area (Å²) in [6.07, 6.45) is 0.721. The van der Waals surface area contributed by atoms with E-state index < -0.39 is 0 Å². The number of benzene rings is 1. The lowest BCUT2D eigenvalue weighted by Crippen LogP contribution is -2.22. The number of hydrogen-bond donors (Lipinski definition) is 4. The van der Waals surface area contributed by atoms with E-state index in [-0.39, 0.29) is 11.1 Å². The lowest BCUT2D eigenvalue weighted by molar-refractivity contribution is 1.15. The standard InChI is InChI=1S/C11H16N6S/c1-2-9(16-17-10(12)13)7-3-5-8(6-4-7)15-11(14)18/h3-6H,2H2,1H3,(H4,12,13,17)(H3,14,15,18). The van der Waals surface area contributed by atoms with Crippen molar-refractivity contribution in [3.05, 3.63) is 29.8 Å². The molecule has 1 aromatic carbocycles. The number of rotatable bonds is 4. The highest BCUT2D eigenvalue weighted by Gasteiger charge is 2.01. The molecule has 0 aliphatic rings. The van der Waals surface area contributed by atoms with Gasteiger partial charge in [-0.05, 0) is 36.3 Å². The highest BCUT2D eigenvalue weighted by Crippen LogP contribution is 2.11. The van der Waals surface area contributed by atoms with E-state index >= 15 is 0 Å². The Morgan fingerprint density at radius 1 is 1.17 bits per heavy atom. The average molecular weight is 264 g/mol. The highest BCUT2D eigenvalue weighted by molar-refractivity contribution is 7.80. The Morgan fingerprint density at radius 3 is 2.22 bits per heavy atom. The maximum absolute atomic E-state index is 5.38. The monoisotopic (exact) mass is 264 g/mol. The van der Waals surface area contributed by atoms with Crippen LogP contribution in [0.15, 0.2) is 34.5 Å². The van der Waals surface area contributed by atoms with E-state index in [1.807, 2.05) is 31.2 Å². The Kier molecular flexibility index (Phi) is 5.06. The van der Waals surface area contributed by atoms with Crippen molar-refractivity contribution < 1.29 is 0 Å². The van der Waals surface area contributed by atoms with Crippen LogP contribution in [0.4, 0.5) is 5.69 Å². The molecule has 0 saturated carbocycles. The van der Waals surface area contributed by atoms with E-state index in [1.165, 1.54) is 0 Å². The minimum Gasteiger partial charge on any atom is -0.376 e. The third-order valence-electron chi connectivity index (χ3n) is 2.11. The summed E-state index contributed by atoms with van der Waals surface area (Å²) in [5, 5.41) is 10.7. The van der Waals surface area contributed by atoms with Crippen LogP contribution >= 0.6 is 12.2 Å². The van der Waals surface area contributed by atoms with E-state index in [4.69, 9.17) is 29.4 Å². The first-order chi connectivity index (χ1) is 8.52. The SMILES string of the molecule is CCC(=NN=C(N)N)c1ccc(NC(N)=S)cc1. The lowest BCUT2D eigenvalue weighted by Gasteiger charge is -2.06. The number of nitrogens with zero attached hydrogens (tertiary/aromatic N) is 2. The minimum absolute atomic E-state index is 0.0623. The Balaban J connectivity index is 2.92. The number of hydrogen-bond acceptors (Lipinski definition) is 3. The molecule has 18 heavy (non-hydrogen) atoms. The second-order valence-electron chi connectivity index (χ2n) is 3.49. The number of nitrogens with one attached hydrogen (secondary N) is 1. The van der Waals surface area contributed by atoms with Crippen LogP contribution in [0.3, 0.4) is 0 Å². The molecule has 7 heteroatoms. The molecule has 1 aromatic rings. The zero-order chi connectivity index (χ0) is 13.5. The van der Waals surface area contributed by atoms with Gasteiger partial charge in [-0.2, -0.15) is 5.10 Å². The molecule has 0 unspecified atom stereocenters. The number of guanidine groups is 1. The molecule has 0 fully saturated rings. The quantitative estimate of drug-likeness (QED) is 0.277. The van der Waals surface area contributed by atoms with Gasteiger partial charge in [-0.1, -0.05) is 19.1 Å². The summed E-state index contributed by atoms with van der Waals surface area (Å²) in [6, 6.07) is 7.50. The summed E-state index contributed by atoms with van der Waals surface area (Å²) in [6.45, 7) is 1.97. The van der Waals surface area contributed by atoms with Gasteiger partial charge in [0, 0.05) is 5.69 Å². The van der Waals surface area contributed by atoms with E-state index in [0.29, 0.717) is 0 Å². The molecule has 0 saturated heterocycles. The van der Waals surface area contributed by atoms with E-state index in [1.54, 1.807) is 0 Å². The zero-order valence-corrected chi connectivity index (χ0v) is 10.9. The Labute approximate surface area is 111 Å². The Hall–Kier alpha value is -2.15. The van der Waals surface area contributed by atoms with Crippen LogP contribution in [0.1, 0.15) is 18.9 Å². The topological polar surface area (TPSA) is 115 Å². The molecule has 0 aliphatic carbocycles. The van der Waals surface area contributed by atoms with Crippen LogP contribution in [-0.4, -0.2) is 16.8 Å². The molecule has 96 valence electrons. The molecule has 0 aliphatic heterocycles. The van der Waals surface area contributed by atoms with E-state index in [9.17, 15) is 0 Å². The largest absolute Gasteiger partial charge is 0.376 e. The molecule has 0 heterocycles. The molecule has 0 atom stereocenters. The van der Waals surface area contributed by atoms with Crippen molar-refractivity contribution in [1.82, 2.24) is 0 Å². The molecular weight excluding hydrogens is 248 g/mol. The van der Waals surface area contributed by atoms with Crippen LogP contribution in [0.2, 0.25) is 0 Å². The molecular formula is C11H16N6S. The fourth-order valence-electron chi connectivity index (χ4n) is 1.34. The summed E-state index contributed by atoms with van der Waals surface area (Å²) >= 11 is 4.75. The van der Waals surface area contributed by atoms with Crippen LogP contribution in [0.25, 0.3) is 0 Å². The van der Waals surface area contributed by atoms with Gasteiger partial charge >= 0.3 is 0 Å². The molecule has 6 nitrogen and oxygen atoms in total. The summed E-state index contributed by atoms with van der Waals surface area (Å²) in [7, 11) is 0. The lowest BCUT2D eigenvalue weighted by atomic mass is 10.1. The normalized spacial score (nSPS) is 10.8. The van der Waals surface area contributed by atoms with Crippen molar-refractivity contribution in [3.8, 4) is 0 Å². The third-order valence-corrected chi connectivity index (χ3v) is 2.21. The van der Waals surface area contributed by atoms with Crippen molar-refractivity contribution >= 4 is 34.7 Å². The van der Waals surface area contributed by atoms with Crippen LogP contribution in [0, 0.1) is 0 Å². The first-order valence-corrected chi connectivity index (χ1v) is 5.76. The van der Waals surface area contributed by atoms with Gasteiger partial charge in [-0.15, -0.1) is 5.10 Å². The summed E-state index contributed by atoms with van der Waals surface area (Å²) in [5.41, 5.74) is 18.4. The maximum Gasteiger partial charge on any atom is 0.211 e. The smallest absolute Gasteiger partial charge is 0.211 e. The molecule has 0 bridgehead atoms. The molecule has 0 radical (unpaired) electrons. The van der Waals surface area contributed by atoms with Gasteiger partial charge < -0.3 is 22.5 Å². The molecule has 0 spiro atoms. The van der Waals surface area contributed by atoms with Gasteiger partial charge in [-0.25, -0.2) is 0 Å². The number of thiocarbonyl (C=S) groups is 1. The van der Waals surface area contributed by atoms with Crippen molar-refractivity contribution in [2.75, 3.05) is 5.32 Å². The maximum atomic E-state index is 5.38. The summed E-state index contributed by atoms with van der Waals surface area (Å²) in [5.74, 6) is -0.0623. The van der Waals surface area contributed by atoms with Gasteiger partial charge in [0.25, 0.3) is 0 Å². The van der Waals surface area contributed by atoms with Gasteiger partial charge in [-0.3, -0.25) is 0 Å². The van der Waals surface area contributed by atoms with Gasteiger partial charge in [0.2, 0.25) is 5.96 Å². The summed E-state index contributed by atoms with van der Waals surface area (Å²) < 4.78 is 0. The predicted octanol–water partition coefficient (Wildman–Crippen LogP) is 0.730. The fourth-order valence-corrected chi connectivity index (χ4v) is 1.46. The predicted molar refractivity (Wildman–Crippen MR) is 79.5 cm³/mol. The van der Waals surface area contributed by atoms with Crippen LogP contribution in [0.5, 0.6) is 0 Å². The van der Waals surface area contributed by atoms with Crippen LogP contribution < -0.4 is 22.5 Å². The van der Waals surface area contributed by atoms with Crippen molar-refractivity contribution in [1.29, 1.82) is 0 Å².